The lowest BCUT2D eigenvalue weighted by Gasteiger charge is -2.21. The van der Waals surface area contributed by atoms with Crippen molar-refractivity contribution in [3.63, 3.8) is 0 Å². The molecule has 1 heterocycles. The van der Waals surface area contributed by atoms with Crippen LogP contribution in [0.25, 0.3) is 0 Å². The van der Waals surface area contributed by atoms with Crippen molar-refractivity contribution in [2.45, 2.75) is 9.48 Å². The van der Waals surface area contributed by atoms with Crippen LogP contribution in [0.1, 0.15) is 0 Å². The summed E-state index contributed by atoms with van der Waals surface area (Å²) in [6.45, 7) is 0. The SMILES string of the molecule is O=CC1Sc2ccccc2NS1(=O)=O. The summed E-state index contributed by atoms with van der Waals surface area (Å²) < 4.78 is 24.1. The van der Waals surface area contributed by atoms with Gasteiger partial charge in [-0.05, 0) is 12.1 Å². The number of sulfonamides is 1. The third-order valence-corrected chi connectivity index (χ3v) is 5.03. The van der Waals surface area contributed by atoms with Gasteiger partial charge in [0.2, 0.25) is 0 Å². The van der Waals surface area contributed by atoms with Crippen molar-refractivity contribution in [1.82, 2.24) is 0 Å². The number of hydrogen-bond donors (Lipinski definition) is 1. The second kappa shape index (κ2) is 3.29. The van der Waals surface area contributed by atoms with E-state index < -0.39 is 14.6 Å². The fourth-order valence-corrected chi connectivity index (χ4v) is 3.64. The molecule has 6 heteroatoms. The van der Waals surface area contributed by atoms with Gasteiger partial charge in [0.15, 0.2) is 10.9 Å². The number of fused-ring (bicyclic) bond motifs is 1. The maximum absolute atomic E-state index is 11.4. The molecule has 74 valence electrons. The molecule has 4 nitrogen and oxygen atoms in total. The number of aldehydes is 1. The smallest absolute Gasteiger partial charge is 0.252 e. The monoisotopic (exact) mass is 229 g/mol. The van der Waals surface area contributed by atoms with Crippen molar-refractivity contribution in [2.75, 3.05) is 4.72 Å². The number of nitrogens with one attached hydrogen (secondary N) is 1. The maximum Gasteiger partial charge on any atom is 0.252 e. The predicted octanol–water partition coefficient (Wildman–Crippen LogP) is 1.06. The Bertz CT molecular complexity index is 469. The Morgan fingerprint density at radius 2 is 2.07 bits per heavy atom. The highest BCUT2D eigenvalue weighted by atomic mass is 32.3. The number of hydrogen-bond acceptors (Lipinski definition) is 4. The van der Waals surface area contributed by atoms with Gasteiger partial charge < -0.3 is 4.79 Å². The number of anilines is 1. The molecule has 0 aliphatic carbocycles. The maximum atomic E-state index is 11.4. The summed E-state index contributed by atoms with van der Waals surface area (Å²) in [5, 5.41) is 0. The number of rotatable bonds is 1. The van der Waals surface area contributed by atoms with Gasteiger partial charge in [-0.3, -0.25) is 4.72 Å². The normalized spacial score (nSPS) is 23.3. The zero-order valence-corrected chi connectivity index (χ0v) is 8.64. The molecule has 1 aliphatic heterocycles. The van der Waals surface area contributed by atoms with Crippen LogP contribution in [0.4, 0.5) is 5.69 Å². The molecule has 1 unspecified atom stereocenters. The van der Waals surface area contributed by atoms with Gasteiger partial charge >= 0.3 is 0 Å². The fraction of sp³-hybridized carbons (Fsp3) is 0.125. The molecule has 2 rings (SSSR count). The van der Waals surface area contributed by atoms with Crippen molar-refractivity contribution in [3.8, 4) is 0 Å². The number of carbonyl (C=O) groups is 1. The number of thioether (sulfide) groups is 1. The second-order valence-corrected chi connectivity index (χ2v) is 6.05. The summed E-state index contributed by atoms with van der Waals surface area (Å²) >= 11 is 1.05. The molecule has 0 aromatic heterocycles. The fourth-order valence-electron chi connectivity index (χ4n) is 1.15. The van der Waals surface area contributed by atoms with Gasteiger partial charge in [0.1, 0.15) is 0 Å². The molecule has 1 aromatic rings. The number of para-hydroxylation sites is 1. The Hall–Kier alpha value is -1.01. The van der Waals surface area contributed by atoms with Crippen LogP contribution >= 0.6 is 11.8 Å². The molecule has 0 saturated carbocycles. The Kier molecular flexibility index (Phi) is 2.24. The van der Waals surface area contributed by atoms with E-state index in [1.165, 1.54) is 0 Å². The molecule has 0 fully saturated rings. The first kappa shape index (κ1) is 9.54. The van der Waals surface area contributed by atoms with E-state index in [0.29, 0.717) is 12.0 Å². The summed E-state index contributed by atoms with van der Waals surface area (Å²) in [6, 6.07) is 6.98. The van der Waals surface area contributed by atoms with E-state index in [-0.39, 0.29) is 0 Å². The van der Waals surface area contributed by atoms with Crippen LogP contribution in [0.2, 0.25) is 0 Å². The first-order chi connectivity index (χ1) is 6.63. The van der Waals surface area contributed by atoms with Crippen LogP contribution in [0.5, 0.6) is 0 Å². The van der Waals surface area contributed by atoms with E-state index in [2.05, 4.69) is 4.72 Å². The predicted molar refractivity (Wildman–Crippen MR) is 54.7 cm³/mol. The van der Waals surface area contributed by atoms with E-state index in [0.717, 1.165) is 16.7 Å². The van der Waals surface area contributed by atoms with Crippen molar-refractivity contribution in [2.24, 2.45) is 0 Å². The largest absolute Gasteiger partial charge is 0.301 e. The second-order valence-electron chi connectivity index (χ2n) is 2.77. The van der Waals surface area contributed by atoms with Gasteiger partial charge in [-0.15, -0.1) is 0 Å². The van der Waals surface area contributed by atoms with Crippen LogP contribution in [-0.2, 0) is 14.8 Å². The summed E-state index contributed by atoms with van der Waals surface area (Å²) in [4.78, 5) is 11.3. The lowest BCUT2D eigenvalue weighted by molar-refractivity contribution is -0.106. The van der Waals surface area contributed by atoms with Gasteiger partial charge in [0.05, 0.1) is 5.69 Å². The van der Waals surface area contributed by atoms with Crippen molar-refractivity contribution < 1.29 is 13.2 Å². The van der Waals surface area contributed by atoms with Gasteiger partial charge in [0, 0.05) is 4.90 Å². The summed E-state index contributed by atoms with van der Waals surface area (Å²) in [6.07, 6.45) is 0.433. The van der Waals surface area contributed by atoms with Crippen LogP contribution in [0.15, 0.2) is 29.2 Å². The summed E-state index contributed by atoms with van der Waals surface area (Å²) in [5.41, 5.74) is 0.538. The van der Waals surface area contributed by atoms with E-state index in [4.69, 9.17) is 0 Å². The highest BCUT2D eigenvalue weighted by molar-refractivity contribution is 8.15. The molecule has 0 spiro atoms. The van der Waals surface area contributed by atoms with Crippen molar-refractivity contribution in [3.05, 3.63) is 24.3 Å². The zero-order chi connectivity index (χ0) is 10.2. The van der Waals surface area contributed by atoms with E-state index in [1.54, 1.807) is 24.3 Å². The van der Waals surface area contributed by atoms with E-state index in [9.17, 15) is 13.2 Å². The van der Waals surface area contributed by atoms with Crippen LogP contribution in [-0.4, -0.2) is 19.3 Å². The average molecular weight is 229 g/mol. The minimum atomic E-state index is -3.54. The van der Waals surface area contributed by atoms with E-state index >= 15 is 0 Å². The van der Waals surface area contributed by atoms with Gasteiger partial charge in [-0.1, -0.05) is 23.9 Å². The van der Waals surface area contributed by atoms with E-state index in [1.807, 2.05) is 0 Å². The van der Waals surface area contributed by atoms with Crippen molar-refractivity contribution in [1.29, 1.82) is 0 Å². The molecular weight excluding hydrogens is 222 g/mol. The Morgan fingerprint density at radius 1 is 1.36 bits per heavy atom. The quantitative estimate of drug-likeness (QED) is 0.731. The first-order valence-corrected chi connectivity index (χ1v) is 6.29. The van der Waals surface area contributed by atoms with Crippen LogP contribution in [0, 0.1) is 0 Å². The number of carbonyl (C=O) groups excluding carboxylic acids is 1. The lowest BCUT2D eigenvalue weighted by atomic mass is 10.3. The third kappa shape index (κ3) is 1.51. The minimum absolute atomic E-state index is 0.433. The Morgan fingerprint density at radius 3 is 2.79 bits per heavy atom. The summed E-state index contributed by atoms with van der Waals surface area (Å²) in [7, 11) is -3.54. The molecule has 0 radical (unpaired) electrons. The summed E-state index contributed by atoms with van der Waals surface area (Å²) in [5.74, 6) is 0. The molecule has 1 N–H and O–H groups in total. The Balaban J connectivity index is 2.50. The van der Waals surface area contributed by atoms with Gasteiger partial charge in [-0.25, -0.2) is 8.42 Å². The van der Waals surface area contributed by atoms with Gasteiger partial charge in [0.25, 0.3) is 10.0 Å². The molecule has 14 heavy (non-hydrogen) atoms. The number of benzene rings is 1. The van der Waals surface area contributed by atoms with Crippen LogP contribution in [0.3, 0.4) is 0 Å². The molecule has 0 amide bonds. The topological polar surface area (TPSA) is 63.2 Å². The zero-order valence-electron chi connectivity index (χ0n) is 7.01. The lowest BCUT2D eigenvalue weighted by Crippen LogP contribution is -2.29. The standard InChI is InChI=1S/C8H7NO3S2/c10-5-8-13-7-4-2-1-3-6(7)9-14(8,11)12/h1-5,8-9H. The van der Waals surface area contributed by atoms with Gasteiger partial charge in [-0.2, -0.15) is 0 Å². The molecule has 1 atom stereocenters. The third-order valence-electron chi connectivity index (χ3n) is 1.80. The Labute approximate surface area is 85.8 Å². The highest BCUT2D eigenvalue weighted by Crippen LogP contribution is 2.37. The molecule has 0 saturated heterocycles. The average Bonchev–Trinajstić information content (AvgIpc) is 2.15. The van der Waals surface area contributed by atoms with Crippen molar-refractivity contribution >= 4 is 33.8 Å². The molecule has 1 aliphatic rings. The van der Waals surface area contributed by atoms with Crippen LogP contribution < -0.4 is 4.72 Å². The highest BCUT2D eigenvalue weighted by Gasteiger charge is 2.31. The molecule has 0 bridgehead atoms. The molecule has 1 aromatic carbocycles. The molecular formula is C8H7NO3S2. The first-order valence-electron chi connectivity index (χ1n) is 3.86. The minimum Gasteiger partial charge on any atom is -0.301 e.